The molecule has 1 aromatic heterocycles. The number of rotatable bonds is 2. The minimum Gasteiger partial charge on any atom is -0.356 e. The van der Waals surface area contributed by atoms with Gasteiger partial charge in [0.05, 0.1) is 11.6 Å². The van der Waals surface area contributed by atoms with Crippen molar-refractivity contribution in [2.24, 2.45) is 0 Å². The maximum atomic E-state index is 12.8. The summed E-state index contributed by atoms with van der Waals surface area (Å²) >= 11 is 0. The summed E-state index contributed by atoms with van der Waals surface area (Å²) in [7, 11) is 0. The van der Waals surface area contributed by atoms with Gasteiger partial charge in [-0.1, -0.05) is 17.3 Å². The summed E-state index contributed by atoms with van der Waals surface area (Å²) in [6.45, 7) is 0.533. The van der Waals surface area contributed by atoms with Crippen LogP contribution in [0, 0.1) is 0 Å². The standard InChI is InChI=1S/C19H15F3N2O2/c20-19(21,22)13-9-7-12(8-10-13)18(25)24-11-3-5-15(24)17-14-4-1-2-6-16(14)26-23-17/h1-2,4,6-10,15H,3,5,11H2/t15-/m1/s1. The normalized spacial score (nSPS) is 17.8. The summed E-state index contributed by atoms with van der Waals surface area (Å²) < 4.78 is 43.4. The van der Waals surface area contributed by atoms with E-state index in [-0.39, 0.29) is 17.5 Å². The van der Waals surface area contributed by atoms with E-state index in [1.54, 1.807) is 4.90 Å². The van der Waals surface area contributed by atoms with E-state index in [1.165, 1.54) is 12.1 Å². The fraction of sp³-hybridized carbons (Fsp3) is 0.263. The number of alkyl halides is 3. The van der Waals surface area contributed by atoms with Crippen molar-refractivity contribution < 1.29 is 22.5 Å². The van der Waals surface area contributed by atoms with E-state index in [1.807, 2.05) is 24.3 Å². The van der Waals surface area contributed by atoms with Crippen molar-refractivity contribution in [2.75, 3.05) is 6.54 Å². The average Bonchev–Trinajstić information content (AvgIpc) is 3.27. The second-order valence-electron chi connectivity index (χ2n) is 6.30. The number of fused-ring (bicyclic) bond motifs is 1. The SMILES string of the molecule is O=C(c1ccc(C(F)(F)F)cc1)N1CCC[C@@H]1c1noc2ccccc12. The predicted molar refractivity (Wildman–Crippen MR) is 88.5 cm³/mol. The lowest BCUT2D eigenvalue weighted by Gasteiger charge is -2.23. The first-order chi connectivity index (χ1) is 12.4. The summed E-state index contributed by atoms with van der Waals surface area (Å²) in [5.41, 5.74) is 0.807. The molecule has 1 saturated heterocycles. The van der Waals surface area contributed by atoms with E-state index in [0.717, 1.165) is 30.4 Å². The summed E-state index contributed by atoms with van der Waals surface area (Å²) in [5, 5.41) is 4.98. The summed E-state index contributed by atoms with van der Waals surface area (Å²) in [6, 6.07) is 11.5. The number of carbonyl (C=O) groups excluding carboxylic acids is 1. The van der Waals surface area contributed by atoms with Crippen molar-refractivity contribution >= 4 is 16.9 Å². The van der Waals surface area contributed by atoms with Gasteiger partial charge in [-0.25, -0.2) is 0 Å². The first kappa shape index (κ1) is 16.6. The Labute approximate surface area is 147 Å². The van der Waals surface area contributed by atoms with E-state index >= 15 is 0 Å². The Morgan fingerprint density at radius 3 is 2.58 bits per heavy atom. The molecule has 1 aliphatic rings. The number of hydrogen-bond donors (Lipinski definition) is 0. The molecule has 0 spiro atoms. The number of hydrogen-bond acceptors (Lipinski definition) is 3. The first-order valence-electron chi connectivity index (χ1n) is 8.28. The topological polar surface area (TPSA) is 46.3 Å². The third kappa shape index (κ3) is 2.83. The van der Waals surface area contributed by atoms with E-state index in [2.05, 4.69) is 5.16 Å². The summed E-state index contributed by atoms with van der Waals surface area (Å²) in [4.78, 5) is 14.5. The van der Waals surface area contributed by atoms with E-state index < -0.39 is 11.7 Å². The number of para-hydroxylation sites is 1. The van der Waals surface area contributed by atoms with Gasteiger partial charge in [-0.15, -0.1) is 0 Å². The van der Waals surface area contributed by atoms with Gasteiger partial charge in [0, 0.05) is 17.5 Å². The van der Waals surface area contributed by atoms with Crippen LogP contribution in [0.1, 0.15) is 40.5 Å². The van der Waals surface area contributed by atoms with Gasteiger partial charge in [0.25, 0.3) is 5.91 Å². The summed E-state index contributed by atoms with van der Waals surface area (Å²) in [5.74, 6) is -0.298. The van der Waals surface area contributed by atoms with Crippen molar-refractivity contribution in [3.8, 4) is 0 Å². The molecule has 134 valence electrons. The van der Waals surface area contributed by atoms with Gasteiger partial charge in [0.2, 0.25) is 0 Å². The molecule has 1 fully saturated rings. The van der Waals surface area contributed by atoms with Gasteiger partial charge in [-0.3, -0.25) is 4.79 Å². The van der Waals surface area contributed by atoms with E-state index in [9.17, 15) is 18.0 Å². The largest absolute Gasteiger partial charge is 0.416 e. The zero-order chi connectivity index (χ0) is 18.3. The maximum Gasteiger partial charge on any atom is 0.416 e. The number of benzene rings is 2. The molecule has 0 bridgehead atoms. The van der Waals surface area contributed by atoms with Crippen LogP contribution in [0.5, 0.6) is 0 Å². The second kappa shape index (κ2) is 6.16. The number of nitrogens with zero attached hydrogens (tertiary/aromatic N) is 2. The van der Waals surface area contributed by atoms with Crippen LogP contribution in [0.2, 0.25) is 0 Å². The van der Waals surface area contributed by atoms with Gasteiger partial charge >= 0.3 is 6.18 Å². The highest BCUT2D eigenvalue weighted by Gasteiger charge is 2.35. The van der Waals surface area contributed by atoms with Crippen molar-refractivity contribution in [3.63, 3.8) is 0 Å². The van der Waals surface area contributed by atoms with Crippen molar-refractivity contribution in [3.05, 3.63) is 65.4 Å². The van der Waals surface area contributed by atoms with Gasteiger partial charge in [0.1, 0.15) is 5.69 Å². The predicted octanol–water partition coefficient (Wildman–Crippen LogP) is 4.82. The molecule has 1 amide bonds. The highest BCUT2D eigenvalue weighted by molar-refractivity contribution is 5.95. The lowest BCUT2D eigenvalue weighted by molar-refractivity contribution is -0.137. The monoisotopic (exact) mass is 360 g/mol. The maximum absolute atomic E-state index is 12.8. The fourth-order valence-corrected chi connectivity index (χ4v) is 3.41. The molecule has 1 atom stereocenters. The molecule has 4 nitrogen and oxygen atoms in total. The number of amides is 1. The first-order valence-corrected chi connectivity index (χ1v) is 8.28. The molecule has 26 heavy (non-hydrogen) atoms. The Hall–Kier alpha value is -2.83. The Bertz CT molecular complexity index is 947. The van der Waals surface area contributed by atoms with Crippen LogP contribution in [0.4, 0.5) is 13.2 Å². The molecule has 0 aliphatic carbocycles. The van der Waals surface area contributed by atoms with Gasteiger partial charge in [-0.05, 0) is 49.2 Å². The second-order valence-corrected chi connectivity index (χ2v) is 6.30. The minimum atomic E-state index is -4.42. The van der Waals surface area contributed by atoms with Crippen LogP contribution in [-0.4, -0.2) is 22.5 Å². The highest BCUT2D eigenvalue weighted by atomic mass is 19.4. The van der Waals surface area contributed by atoms with Crippen LogP contribution >= 0.6 is 0 Å². The van der Waals surface area contributed by atoms with Crippen molar-refractivity contribution in [1.29, 1.82) is 0 Å². The Morgan fingerprint density at radius 2 is 1.85 bits per heavy atom. The van der Waals surface area contributed by atoms with Gasteiger partial charge in [0.15, 0.2) is 5.58 Å². The molecule has 3 aromatic rings. The molecule has 0 N–H and O–H groups in total. The summed E-state index contributed by atoms with van der Waals surface area (Å²) in [6.07, 6.45) is -2.88. The zero-order valence-corrected chi connectivity index (χ0v) is 13.7. The molecule has 2 aromatic carbocycles. The van der Waals surface area contributed by atoms with Crippen LogP contribution in [0.25, 0.3) is 11.0 Å². The van der Waals surface area contributed by atoms with Gasteiger partial charge < -0.3 is 9.42 Å². The number of carbonyl (C=O) groups is 1. The smallest absolute Gasteiger partial charge is 0.356 e. The van der Waals surface area contributed by atoms with Crippen LogP contribution in [0.15, 0.2) is 53.1 Å². The Morgan fingerprint density at radius 1 is 1.12 bits per heavy atom. The third-order valence-corrected chi connectivity index (χ3v) is 4.69. The lowest BCUT2D eigenvalue weighted by Crippen LogP contribution is -2.30. The zero-order valence-electron chi connectivity index (χ0n) is 13.7. The van der Waals surface area contributed by atoms with E-state index in [4.69, 9.17) is 4.52 Å². The number of likely N-dealkylation sites (tertiary alicyclic amines) is 1. The molecular formula is C19H15F3N2O2. The van der Waals surface area contributed by atoms with Crippen LogP contribution in [0.3, 0.4) is 0 Å². The number of aromatic nitrogens is 1. The lowest BCUT2D eigenvalue weighted by atomic mass is 10.1. The van der Waals surface area contributed by atoms with Crippen LogP contribution < -0.4 is 0 Å². The minimum absolute atomic E-state index is 0.234. The molecule has 0 unspecified atom stereocenters. The molecule has 0 saturated carbocycles. The third-order valence-electron chi connectivity index (χ3n) is 4.69. The molecule has 4 rings (SSSR count). The quantitative estimate of drug-likeness (QED) is 0.658. The molecule has 7 heteroatoms. The number of halogens is 3. The molecule has 1 aliphatic heterocycles. The Balaban J connectivity index is 1.63. The van der Waals surface area contributed by atoms with E-state index in [0.29, 0.717) is 17.8 Å². The Kier molecular flexibility index (Phi) is 3.94. The molecule has 0 radical (unpaired) electrons. The fourth-order valence-electron chi connectivity index (χ4n) is 3.41. The van der Waals surface area contributed by atoms with Crippen molar-refractivity contribution in [1.82, 2.24) is 10.1 Å². The van der Waals surface area contributed by atoms with Crippen LogP contribution in [-0.2, 0) is 6.18 Å². The van der Waals surface area contributed by atoms with Gasteiger partial charge in [-0.2, -0.15) is 13.2 Å². The highest BCUT2D eigenvalue weighted by Crippen LogP contribution is 2.36. The average molecular weight is 360 g/mol. The van der Waals surface area contributed by atoms with Crippen molar-refractivity contribution in [2.45, 2.75) is 25.1 Å². The molecular weight excluding hydrogens is 345 g/mol. The molecule has 2 heterocycles.